The standard InChI is InChI=1S/C31H26BrNO3/c1-30(2,3)29(36)26-25(19-12-15-20(32)16-13-19)31(27(34)21-9-5-6-10-22(21)28(31)35)24-17-14-18-8-4-7-11-23(18)33(24)26/h4-17,24-26H,1-3H3/t24-,25-,26-/m1/s1. The Bertz CT molecular complexity index is 1430. The molecule has 3 aromatic carbocycles. The molecule has 0 N–H and O–H groups in total. The third-order valence-electron chi connectivity index (χ3n) is 7.95. The number of hydrogen-bond donors (Lipinski definition) is 0. The van der Waals surface area contributed by atoms with Gasteiger partial charge in [-0.15, -0.1) is 0 Å². The van der Waals surface area contributed by atoms with E-state index in [2.05, 4.69) is 20.8 Å². The molecule has 4 nitrogen and oxygen atoms in total. The van der Waals surface area contributed by atoms with Crippen LogP contribution in [0.15, 0.2) is 83.3 Å². The van der Waals surface area contributed by atoms with Crippen LogP contribution in [-0.2, 0) is 4.79 Å². The third-order valence-corrected chi connectivity index (χ3v) is 8.48. The summed E-state index contributed by atoms with van der Waals surface area (Å²) in [6.45, 7) is 5.73. The number of ketones is 3. The van der Waals surface area contributed by atoms with Gasteiger partial charge in [0.05, 0.1) is 12.1 Å². The van der Waals surface area contributed by atoms with Crippen molar-refractivity contribution < 1.29 is 14.4 Å². The highest BCUT2D eigenvalue weighted by Crippen LogP contribution is 2.61. The minimum Gasteiger partial charge on any atom is -0.352 e. The van der Waals surface area contributed by atoms with Gasteiger partial charge in [-0.1, -0.05) is 103 Å². The van der Waals surface area contributed by atoms with Gasteiger partial charge in [0.1, 0.15) is 5.41 Å². The number of carbonyl (C=O) groups is 3. The van der Waals surface area contributed by atoms with Crippen LogP contribution in [-0.4, -0.2) is 29.4 Å². The predicted octanol–water partition coefficient (Wildman–Crippen LogP) is 6.50. The highest BCUT2D eigenvalue weighted by molar-refractivity contribution is 9.10. The van der Waals surface area contributed by atoms with Crippen LogP contribution in [0.3, 0.4) is 0 Å². The van der Waals surface area contributed by atoms with E-state index < -0.39 is 28.8 Å². The van der Waals surface area contributed by atoms with Gasteiger partial charge in [0.2, 0.25) is 0 Å². The number of nitrogens with zero attached hydrogens (tertiary/aromatic N) is 1. The number of benzene rings is 3. The zero-order valence-electron chi connectivity index (χ0n) is 20.4. The van der Waals surface area contributed by atoms with Crippen molar-refractivity contribution in [3.05, 3.63) is 106 Å². The summed E-state index contributed by atoms with van der Waals surface area (Å²) in [6.07, 6.45) is 3.95. The van der Waals surface area contributed by atoms with Gasteiger partial charge in [-0.05, 0) is 29.3 Å². The first-order valence-electron chi connectivity index (χ1n) is 12.2. The van der Waals surface area contributed by atoms with Gasteiger partial charge in [0.15, 0.2) is 17.3 Å². The molecular formula is C31H26BrNO3. The van der Waals surface area contributed by atoms with Crippen LogP contribution in [0.4, 0.5) is 5.69 Å². The highest BCUT2D eigenvalue weighted by atomic mass is 79.9. The lowest BCUT2D eigenvalue weighted by atomic mass is 9.63. The van der Waals surface area contributed by atoms with Crippen molar-refractivity contribution in [2.24, 2.45) is 10.8 Å². The second kappa shape index (κ2) is 7.84. The topological polar surface area (TPSA) is 54.5 Å². The Morgan fingerprint density at radius 3 is 2.06 bits per heavy atom. The molecule has 0 aromatic heterocycles. The van der Waals surface area contributed by atoms with Crippen LogP contribution in [0.2, 0.25) is 0 Å². The van der Waals surface area contributed by atoms with Crippen molar-refractivity contribution in [3.63, 3.8) is 0 Å². The number of halogens is 1. The number of para-hydroxylation sites is 1. The van der Waals surface area contributed by atoms with Crippen molar-refractivity contribution in [1.82, 2.24) is 0 Å². The van der Waals surface area contributed by atoms with E-state index in [1.807, 2.05) is 81.5 Å². The molecule has 0 saturated carbocycles. The molecule has 0 unspecified atom stereocenters. The van der Waals surface area contributed by atoms with Gasteiger partial charge < -0.3 is 4.90 Å². The van der Waals surface area contributed by atoms with Gasteiger partial charge in [0, 0.05) is 32.6 Å². The fourth-order valence-electron chi connectivity index (χ4n) is 6.40. The molecule has 3 aliphatic rings. The molecule has 36 heavy (non-hydrogen) atoms. The molecule has 2 aliphatic heterocycles. The zero-order chi connectivity index (χ0) is 25.4. The smallest absolute Gasteiger partial charge is 0.180 e. The summed E-state index contributed by atoms with van der Waals surface area (Å²) in [6, 6.07) is 21.4. The third kappa shape index (κ3) is 2.95. The first-order chi connectivity index (χ1) is 17.2. The molecule has 0 amide bonds. The van der Waals surface area contributed by atoms with Crippen molar-refractivity contribution >= 4 is 45.0 Å². The van der Waals surface area contributed by atoms with E-state index in [1.165, 1.54) is 0 Å². The quantitative estimate of drug-likeness (QED) is 0.349. The van der Waals surface area contributed by atoms with E-state index in [4.69, 9.17) is 0 Å². The van der Waals surface area contributed by atoms with E-state index in [0.29, 0.717) is 11.1 Å². The summed E-state index contributed by atoms with van der Waals surface area (Å²) in [4.78, 5) is 45.3. The number of rotatable bonds is 2. The lowest BCUT2D eigenvalue weighted by molar-refractivity contribution is -0.127. The second-order valence-corrected chi connectivity index (χ2v) is 11.8. The number of hydrogen-bond acceptors (Lipinski definition) is 4. The second-order valence-electron chi connectivity index (χ2n) is 10.9. The van der Waals surface area contributed by atoms with Gasteiger partial charge in [0.25, 0.3) is 0 Å². The van der Waals surface area contributed by atoms with E-state index in [1.54, 1.807) is 24.3 Å². The molecular weight excluding hydrogens is 514 g/mol. The summed E-state index contributed by atoms with van der Waals surface area (Å²) in [5.74, 6) is -1.02. The van der Waals surface area contributed by atoms with Crippen molar-refractivity contribution in [2.45, 2.75) is 38.8 Å². The molecule has 0 radical (unpaired) electrons. The van der Waals surface area contributed by atoms with Crippen LogP contribution in [0.25, 0.3) is 6.08 Å². The number of carbonyl (C=O) groups excluding carboxylic acids is 3. The first-order valence-corrected chi connectivity index (χ1v) is 13.0. The lowest BCUT2D eigenvalue weighted by Crippen LogP contribution is -2.49. The Kier molecular flexibility index (Phi) is 5.03. The van der Waals surface area contributed by atoms with E-state index >= 15 is 0 Å². The molecule has 1 aliphatic carbocycles. The Morgan fingerprint density at radius 1 is 0.861 bits per heavy atom. The number of Topliss-reactive ketones (excluding diaryl/α,β-unsaturated/α-hetero) is 3. The van der Waals surface area contributed by atoms with Crippen LogP contribution in [0.1, 0.15) is 58.5 Å². The Balaban J connectivity index is 1.70. The normalized spacial score (nSPS) is 23.6. The summed E-state index contributed by atoms with van der Waals surface area (Å²) >= 11 is 3.51. The van der Waals surface area contributed by atoms with Gasteiger partial charge in [-0.25, -0.2) is 0 Å². The van der Waals surface area contributed by atoms with E-state index in [9.17, 15) is 14.4 Å². The van der Waals surface area contributed by atoms with Crippen LogP contribution >= 0.6 is 15.9 Å². The largest absolute Gasteiger partial charge is 0.352 e. The molecule has 1 fully saturated rings. The summed E-state index contributed by atoms with van der Waals surface area (Å²) in [7, 11) is 0. The van der Waals surface area contributed by atoms with Gasteiger partial charge in [-0.2, -0.15) is 0 Å². The molecule has 1 spiro atoms. The SMILES string of the molecule is CC(C)(C)C(=O)[C@H]1[C@@H](c2ccc(Br)cc2)C2(C(=O)c3ccccc3C2=O)[C@H]2C=Cc3ccccc3N12. The van der Waals surface area contributed by atoms with E-state index in [-0.39, 0.29) is 17.3 Å². The Morgan fingerprint density at radius 2 is 1.44 bits per heavy atom. The maximum atomic E-state index is 14.5. The van der Waals surface area contributed by atoms with Crippen LogP contribution in [0, 0.1) is 10.8 Å². The number of fused-ring (bicyclic) bond motifs is 5. The summed E-state index contributed by atoms with van der Waals surface area (Å²) in [5, 5.41) is 0. The maximum Gasteiger partial charge on any atom is 0.180 e. The first kappa shape index (κ1) is 23.1. The molecule has 2 heterocycles. The van der Waals surface area contributed by atoms with Crippen molar-refractivity contribution in [3.8, 4) is 0 Å². The van der Waals surface area contributed by atoms with Crippen molar-refractivity contribution in [2.75, 3.05) is 4.90 Å². The molecule has 1 saturated heterocycles. The Labute approximate surface area is 219 Å². The van der Waals surface area contributed by atoms with Crippen molar-refractivity contribution in [1.29, 1.82) is 0 Å². The summed E-state index contributed by atoms with van der Waals surface area (Å²) in [5.41, 5.74) is 1.44. The average molecular weight is 540 g/mol. The monoisotopic (exact) mass is 539 g/mol. The lowest BCUT2D eigenvalue weighted by Gasteiger charge is -2.38. The van der Waals surface area contributed by atoms with E-state index in [0.717, 1.165) is 21.3 Å². The minimum atomic E-state index is -1.44. The molecule has 180 valence electrons. The van der Waals surface area contributed by atoms with Crippen LogP contribution in [0.5, 0.6) is 0 Å². The zero-order valence-corrected chi connectivity index (χ0v) is 22.0. The molecule has 3 atom stereocenters. The fourth-order valence-corrected chi connectivity index (χ4v) is 6.67. The average Bonchev–Trinajstić information content (AvgIpc) is 3.30. The highest BCUT2D eigenvalue weighted by Gasteiger charge is 2.71. The molecule has 3 aromatic rings. The van der Waals surface area contributed by atoms with Gasteiger partial charge in [-0.3, -0.25) is 14.4 Å². The summed E-state index contributed by atoms with van der Waals surface area (Å²) < 4.78 is 0.896. The Hall–Kier alpha value is -3.31. The molecule has 5 heteroatoms. The van der Waals surface area contributed by atoms with Crippen LogP contribution < -0.4 is 4.90 Å². The predicted molar refractivity (Wildman–Crippen MR) is 144 cm³/mol. The molecule has 0 bridgehead atoms. The minimum absolute atomic E-state index is 0.0129. The maximum absolute atomic E-state index is 14.5. The number of anilines is 1. The molecule has 6 rings (SSSR count). The van der Waals surface area contributed by atoms with Gasteiger partial charge >= 0.3 is 0 Å². The fraction of sp³-hybridized carbons (Fsp3) is 0.258.